The Morgan fingerprint density at radius 3 is 2.49 bits per heavy atom. The fourth-order valence-corrected chi connectivity index (χ4v) is 4.87. The maximum Gasteiger partial charge on any atom is 0.279 e. The molecular formula is C26H26ClN3O5. The lowest BCUT2D eigenvalue weighted by Gasteiger charge is -2.29. The fourth-order valence-electron chi connectivity index (χ4n) is 4.66. The van der Waals surface area contributed by atoms with E-state index in [-0.39, 0.29) is 22.7 Å². The number of carbonyl (C=O) groups is 3. The average molecular weight is 496 g/mol. The van der Waals surface area contributed by atoms with E-state index in [0.29, 0.717) is 41.7 Å². The largest absolute Gasteiger partial charge is 0.486 e. The molecule has 2 aromatic rings. The van der Waals surface area contributed by atoms with Crippen LogP contribution < -0.4 is 20.1 Å². The van der Waals surface area contributed by atoms with Gasteiger partial charge in [-0.3, -0.25) is 19.3 Å². The molecule has 5 rings (SSSR count). The number of ether oxygens (including phenoxy) is 2. The second-order valence-corrected chi connectivity index (χ2v) is 9.31. The lowest BCUT2D eigenvalue weighted by Crippen LogP contribution is -2.42. The summed E-state index contributed by atoms with van der Waals surface area (Å²) in [6.45, 7) is 2.79. The van der Waals surface area contributed by atoms with Crippen LogP contribution in [0, 0.1) is 6.92 Å². The minimum Gasteiger partial charge on any atom is -0.486 e. The Kier molecular flexibility index (Phi) is 6.38. The van der Waals surface area contributed by atoms with E-state index in [0.717, 1.165) is 37.7 Å². The molecule has 182 valence electrons. The summed E-state index contributed by atoms with van der Waals surface area (Å²) in [5.74, 6) is 0.00390. The van der Waals surface area contributed by atoms with Crippen molar-refractivity contribution in [2.24, 2.45) is 0 Å². The van der Waals surface area contributed by atoms with Crippen LogP contribution in [-0.2, 0) is 9.59 Å². The Morgan fingerprint density at radius 2 is 1.71 bits per heavy atom. The maximum atomic E-state index is 13.1. The van der Waals surface area contributed by atoms with Crippen LogP contribution in [0.4, 0.5) is 11.4 Å². The van der Waals surface area contributed by atoms with Crippen molar-refractivity contribution in [1.29, 1.82) is 0 Å². The van der Waals surface area contributed by atoms with Gasteiger partial charge >= 0.3 is 0 Å². The van der Waals surface area contributed by atoms with E-state index < -0.39 is 11.8 Å². The quantitative estimate of drug-likeness (QED) is 0.589. The molecule has 2 N–H and O–H groups in total. The molecule has 0 saturated heterocycles. The van der Waals surface area contributed by atoms with Crippen molar-refractivity contribution in [2.45, 2.75) is 45.1 Å². The van der Waals surface area contributed by atoms with Gasteiger partial charge < -0.3 is 20.1 Å². The van der Waals surface area contributed by atoms with Crippen molar-refractivity contribution in [3.8, 4) is 11.5 Å². The molecule has 3 aliphatic rings. The van der Waals surface area contributed by atoms with Gasteiger partial charge in [0.15, 0.2) is 11.5 Å². The molecule has 2 heterocycles. The zero-order valence-corrected chi connectivity index (χ0v) is 20.1. The van der Waals surface area contributed by atoms with E-state index in [4.69, 9.17) is 21.1 Å². The van der Waals surface area contributed by atoms with Gasteiger partial charge in [0.1, 0.15) is 23.9 Å². The lowest BCUT2D eigenvalue weighted by molar-refractivity contribution is -0.140. The minimum absolute atomic E-state index is 0.0507. The first-order chi connectivity index (χ1) is 16.9. The number of nitrogens with one attached hydrogen (secondary N) is 2. The van der Waals surface area contributed by atoms with Crippen LogP contribution in [0.2, 0.25) is 0 Å². The summed E-state index contributed by atoms with van der Waals surface area (Å²) in [5.41, 5.74) is 2.33. The van der Waals surface area contributed by atoms with Crippen LogP contribution in [0.25, 0.3) is 0 Å². The highest BCUT2D eigenvalue weighted by atomic mass is 35.5. The third-order valence-corrected chi connectivity index (χ3v) is 6.91. The van der Waals surface area contributed by atoms with Gasteiger partial charge in [-0.05, 0) is 49.6 Å². The number of carbonyl (C=O) groups excluding carboxylic acids is 3. The molecule has 0 unspecified atom stereocenters. The van der Waals surface area contributed by atoms with E-state index in [1.54, 1.807) is 36.4 Å². The average Bonchev–Trinajstić information content (AvgIpc) is 3.08. The number of hydrogen-bond acceptors (Lipinski definition) is 6. The number of halogens is 1. The first-order valence-electron chi connectivity index (χ1n) is 11.8. The zero-order chi connectivity index (χ0) is 24.5. The van der Waals surface area contributed by atoms with E-state index in [2.05, 4.69) is 10.6 Å². The normalized spacial score (nSPS) is 18.2. The van der Waals surface area contributed by atoms with Gasteiger partial charge in [-0.25, -0.2) is 0 Å². The van der Waals surface area contributed by atoms with Crippen molar-refractivity contribution in [3.63, 3.8) is 0 Å². The predicted octanol–water partition coefficient (Wildman–Crippen LogP) is 4.58. The van der Waals surface area contributed by atoms with E-state index in [1.165, 1.54) is 4.90 Å². The predicted molar refractivity (Wildman–Crippen MR) is 132 cm³/mol. The number of nitrogens with zero attached hydrogens (tertiary/aromatic N) is 1. The van der Waals surface area contributed by atoms with Crippen LogP contribution in [-0.4, -0.2) is 41.9 Å². The van der Waals surface area contributed by atoms with Crippen molar-refractivity contribution < 1.29 is 23.9 Å². The van der Waals surface area contributed by atoms with Crippen LogP contribution in [0.5, 0.6) is 11.5 Å². The van der Waals surface area contributed by atoms with Crippen molar-refractivity contribution in [2.75, 3.05) is 23.8 Å². The molecule has 0 aromatic heterocycles. The highest BCUT2D eigenvalue weighted by molar-refractivity contribution is 6.48. The molecule has 0 radical (unpaired) electrons. The molecule has 9 heteroatoms. The molecule has 35 heavy (non-hydrogen) atoms. The van der Waals surface area contributed by atoms with Gasteiger partial charge in [-0.2, -0.15) is 0 Å². The third-order valence-electron chi connectivity index (χ3n) is 6.56. The maximum absolute atomic E-state index is 13.1. The Bertz CT molecular complexity index is 1240. The van der Waals surface area contributed by atoms with Crippen LogP contribution in [0.1, 0.15) is 48.0 Å². The Balaban J connectivity index is 1.33. The van der Waals surface area contributed by atoms with Crippen molar-refractivity contribution in [3.05, 3.63) is 58.3 Å². The zero-order valence-electron chi connectivity index (χ0n) is 19.4. The number of amides is 3. The molecule has 0 bridgehead atoms. The monoisotopic (exact) mass is 495 g/mol. The van der Waals surface area contributed by atoms with Crippen molar-refractivity contribution >= 4 is 40.7 Å². The summed E-state index contributed by atoms with van der Waals surface area (Å²) in [7, 11) is 0. The molecule has 3 amide bonds. The minimum atomic E-state index is -0.462. The summed E-state index contributed by atoms with van der Waals surface area (Å²) < 4.78 is 11.1. The Hall–Kier alpha value is -3.52. The summed E-state index contributed by atoms with van der Waals surface area (Å²) in [6.07, 6.45) is 4.68. The number of rotatable bonds is 5. The number of benzene rings is 2. The molecular weight excluding hydrogens is 470 g/mol. The van der Waals surface area contributed by atoms with Gasteiger partial charge in [-0.1, -0.05) is 36.9 Å². The Morgan fingerprint density at radius 1 is 0.971 bits per heavy atom. The topological polar surface area (TPSA) is 97.0 Å². The number of imide groups is 1. The smallest absolute Gasteiger partial charge is 0.279 e. The first kappa shape index (κ1) is 23.2. The number of aryl methyl sites for hydroxylation is 1. The fraction of sp³-hybridized carbons (Fsp3) is 0.346. The number of fused-ring (bicyclic) bond motifs is 1. The third kappa shape index (κ3) is 4.58. The summed E-state index contributed by atoms with van der Waals surface area (Å²) >= 11 is 6.31. The summed E-state index contributed by atoms with van der Waals surface area (Å²) in [6, 6.07) is 10.2. The van der Waals surface area contributed by atoms with Gasteiger partial charge in [-0.15, -0.1) is 0 Å². The van der Waals surface area contributed by atoms with Gasteiger partial charge in [0.05, 0.1) is 0 Å². The molecule has 0 spiro atoms. The molecule has 0 atom stereocenters. The standard InChI is InChI=1S/C26H26ClN3O5/c1-15-7-8-16(24(31)28-17-9-10-20-21(14-17)35-12-11-34-20)13-19(15)29-23-22(27)25(32)30(26(23)33)18-5-3-2-4-6-18/h7-10,13-14,18,29H,2-6,11-12H2,1H3,(H,28,31). The van der Waals surface area contributed by atoms with Crippen LogP contribution >= 0.6 is 11.6 Å². The molecule has 2 aromatic carbocycles. The van der Waals surface area contributed by atoms with E-state index >= 15 is 0 Å². The molecule has 1 aliphatic carbocycles. The SMILES string of the molecule is Cc1ccc(C(=O)Nc2ccc3c(c2)OCCO3)cc1NC1=C(Cl)C(=O)N(C2CCCCC2)C1=O. The summed E-state index contributed by atoms with van der Waals surface area (Å²) in [5, 5.41) is 5.76. The highest BCUT2D eigenvalue weighted by Crippen LogP contribution is 2.34. The highest BCUT2D eigenvalue weighted by Gasteiger charge is 2.42. The van der Waals surface area contributed by atoms with Crippen LogP contribution in [0.15, 0.2) is 47.1 Å². The second-order valence-electron chi connectivity index (χ2n) is 8.93. The van der Waals surface area contributed by atoms with E-state index in [9.17, 15) is 14.4 Å². The summed E-state index contributed by atoms with van der Waals surface area (Å²) in [4.78, 5) is 40.1. The van der Waals surface area contributed by atoms with E-state index in [1.807, 2.05) is 6.92 Å². The van der Waals surface area contributed by atoms with Gasteiger partial charge in [0.25, 0.3) is 17.7 Å². The Labute approximate surface area is 208 Å². The molecule has 2 aliphatic heterocycles. The molecule has 1 fully saturated rings. The van der Waals surface area contributed by atoms with Crippen molar-refractivity contribution in [1.82, 2.24) is 4.90 Å². The lowest BCUT2D eigenvalue weighted by atomic mass is 9.94. The van der Waals surface area contributed by atoms with Gasteiger partial charge in [0, 0.05) is 29.0 Å². The number of hydrogen-bond donors (Lipinski definition) is 2. The second kappa shape index (κ2) is 9.62. The molecule has 8 nitrogen and oxygen atoms in total. The van der Waals surface area contributed by atoms with Crippen LogP contribution in [0.3, 0.4) is 0 Å². The van der Waals surface area contributed by atoms with Gasteiger partial charge in [0.2, 0.25) is 0 Å². The number of anilines is 2. The first-order valence-corrected chi connectivity index (χ1v) is 12.2. The molecule has 1 saturated carbocycles.